The Kier molecular flexibility index (Phi) is 5.60. The molecule has 2 rings (SSSR count). The van der Waals surface area contributed by atoms with Gasteiger partial charge in [-0.05, 0) is 36.2 Å². The Morgan fingerprint density at radius 3 is 2.17 bits per heavy atom. The monoisotopic (exact) mass is 352 g/mol. The van der Waals surface area contributed by atoms with E-state index < -0.39 is 17.9 Å². The van der Waals surface area contributed by atoms with Gasteiger partial charge in [0.25, 0.3) is 5.91 Å². The van der Waals surface area contributed by atoms with Crippen LogP contribution in [0.2, 0.25) is 10.0 Å². The summed E-state index contributed by atoms with van der Waals surface area (Å²) >= 11 is 12.0. The number of anilines is 1. The fraction of sp³-hybridized carbons (Fsp3) is 0.125. The first kappa shape index (κ1) is 17.3. The third-order valence-corrected chi connectivity index (χ3v) is 3.80. The van der Waals surface area contributed by atoms with E-state index in [0.29, 0.717) is 5.69 Å². The number of halogens is 2. The molecule has 0 fully saturated rings. The Hall–Kier alpha value is -2.08. The molecule has 120 valence electrons. The van der Waals surface area contributed by atoms with Crippen molar-refractivity contribution in [2.45, 2.75) is 12.5 Å². The van der Waals surface area contributed by atoms with Gasteiger partial charge in [0.2, 0.25) is 0 Å². The van der Waals surface area contributed by atoms with Gasteiger partial charge in [0, 0.05) is 5.69 Å². The quantitative estimate of drug-likeness (QED) is 0.770. The average Bonchev–Trinajstić information content (AvgIpc) is 2.49. The van der Waals surface area contributed by atoms with E-state index in [1.165, 1.54) is 0 Å². The summed E-state index contributed by atoms with van der Waals surface area (Å²) in [6.45, 7) is 0. The zero-order valence-electron chi connectivity index (χ0n) is 11.9. The lowest BCUT2D eigenvalue weighted by Crippen LogP contribution is -2.32. The number of carboxylic acid groups (broad SMARTS) is 1. The van der Waals surface area contributed by atoms with E-state index in [9.17, 15) is 9.59 Å². The third-order valence-electron chi connectivity index (χ3n) is 3.17. The summed E-state index contributed by atoms with van der Waals surface area (Å²) in [6.07, 6.45) is 0.208. The van der Waals surface area contributed by atoms with Crippen LogP contribution in [0.3, 0.4) is 0 Å². The van der Waals surface area contributed by atoms with E-state index in [2.05, 4.69) is 5.32 Å². The first-order chi connectivity index (χ1) is 10.9. The molecular weight excluding hydrogens is 339 g/mol. The molecule has 2 aromatic carbocycles. The standard InChI is InChI=1S/C16H14Cl2N2O3/c17-11-2-1-3-12(18)14(11)15(21)20-10-6-4-9(5-7-10)8-13(19)16(22)23/h1-7,13H,8,19H2,(H,20,21)(H,22,23). The van der Waals surface area contributed by atoms with Crippen LogP contribution in [0, 0.1) is 0 Å². The Morgan fingerprint density at radius 1 is 1.09 bits per heavy atom. The Labute approximate surface area is 143 Å². The highest BCUT2D eigenvalue weighted by Crippen LogP contribution is 2.25. The molecule has 0 aliphatic carbocycles. The second-order valence-corrected chi connectivity index (χ2v) is 5.71. The minimum absolute atomic E-state index is 0.202. The fourth-order valence-electron chi connectivity index (χ4n) is 1.97. The predicted molar refractivity (Wildman–Crippen MR) is 90.2 cm³/mol. The zero-order chi connectivity index (χ0) is 17.0. The molecule has 0 aliphatic rings. The smallest absolute Gasteiger partial charge is 0.320 e. The van der Waals surface area contributed by atoms with E-state index in [1.54, 1.807) is 42.5 Å². The molecule has 0 saturated carbocycles. The summed E-state index contributed by atoms with van der Waals surface area (Å²) in [5, 5.41) is 12.0. The Bertz CT molecular complexity index is 712. The number of benzene rings is 2. The number of rotatable bonds is 5. The van der Waals surface area contributed by atoms with Crippen LogP contribution in [0.1, 0.15) is 15.9 Å². The first-order valence-electron chi connectivity index (χ1n) is 6.71. The number of hydrogen-bond acceptors (Lipinski definition) is 3. The molecule has 0 saturated heterocycles. The van der Waals surface area contributed by atoms with Crippen molar-refractivity contribution in [3.8, 4) is 0 Å². The Morgan fingerprint density at radius 2 is 1.65 bits per heavy atom. The Balaban J connectivity index is 2.09. The molecular formula is C16H14Cl2N2O3. The van der Waals surface area contributed by atoms with Gasteiger partial charge in [-0.3, -0.25) is 9.59 Å². The van der Waals surface area contributed by atoms with Gasteiger partial charge in [-0.15, -0.1) is 0 Å². The van der Waals surface area contributed by atoms with Crippen molar-refractivity contribution in [1.29, 1.82) is 0 Å². The van der Waals surface area contributed by atoms with Gasteiger partial charge in [-0.25, -0.2) is 0 Å². The molecule has 1 atom stereocenters. The topological polar surface area (TPSA) is 92.4 Å². The van der Waals surface area contributed by atoms with Crippen LogP contribution in [-0.4, -0.2) is 23.0 Å². The largest absolute Gasteiger partial charge is 0.480 e. The highest BCUT2D eigenvalue weighted by atomic mass is 35.5. The molecule has 1 amide bonds. The normalized spacial score (nSPS) is 11.8. The molecule has 0 aliphatic heterocycles. The minimum Gasteiger partial charge on any atom is -0.480 e. The van der Waals surface area contributed by atoms with Crippen LogP contribution in [-0.2, 0) is 11.2 Å². The van der Waals surface area contributed by atoms with Gasteiger partial charge >= 0.3 is 5.97 Å². The third kappa shape index (κ3) is 4.45. The van der Waals surface area contributed by atoms with Crippen molar-refractivity contribution in [3.05, 3.63) is 63.6 Å². The van der Waals surface area contributed by atoms with Crippen LogP contribution in [0.25, 0.3) is 0 Å². The molecule has 4 N–H and O–H groups in total. The lowest BCUT2D eigenvalue weighted by molar-refractivity contribution is -0.138. The van der Waals surface area contributed by atoms with E-state index in [0.717, 1.165) is 5.56 Å². The van der Waals surface area contributed by atoms with Crippen LogP contribution >= 0.6 is 23.2 Å². The fourth-order valence-corrected chi connectivity index (χ4v) is 2.54. The van der Waals surface area contributed by atoms with Gasteiger partial charge in [0.05, 0.1) is 15.6 Å². The van der Waals surface area contributed by atoms with Gasteiger partial charge in [0.1, 0.15) is 6.04 Å². The number of carbonyl (C=O) groups excluding carboxylic acids is 1. The molecule has 0 bridgehead atoms. The predicted octanol–water partition coefficient (Wildman–Crippen LogP) is 3.20. The second-order valence-electron chi connectivity index (χ2n) is 4.90. The van der Waals surface area contributed by atoms with Crippen molar-refractivity contribution in [2.24, 2.45) is 5.73 Å². The van der Waals surface area contributed by atoms with Crippen LogP contribution in [0.4, 0.5) is 5.69 Å². The van der Waals surface area contributed by atoms with Gasteiger partial charge < -0.3 is 16.2 Å². The summed E-state index contributed by atoms with van der Waals surface area (Å²) in [5.41, 5.74) is 6.98. The number of aliphatic carboxylic acids is 1. The number of hydrogen-bond donors (Lipinski definition) is 3. The number of carbonyl (C=O) groups is 2. The van der Waals surface area contributed by atoms with Crippen molar-refractivity contribution in [1.82, 2.24) is 0 Å². The molecule has 5 nitrogen and oxygen atoms in total. The van der Waals surface area contributed by atoms with Crippen molar-refractivity contribution >= 4 is 40.8 Å². The lowest BCUT2D eigenvalue weighted by atomic mass is 10.1. The highest BCUT2D eigenvalue weighted by Gasteiger charge is 2.15. The maximum atomic E-state index is 12.2. The molecule has 0 aromatic heterocycles. The summed E-state index contributed by atoms with van der Waals surface area (Å²) in [4.78, 5) is 23.0. The molecule has 0 radical (unpaired) electrons. The molecule has 23 heavy (non-hydrogen) atoms. The molecule has 1 unspecified atom stereocenters. The molecule has 7 heteroatoms. The summed E-state index contributed by atoms with van der Waals surface area (Å²) in [6, 6.07) is 10.6. The van der Waals surface area contributed by atoms with E-state index in [1.807, 2.05) is 0 Å². The second kappa shape index (κ2) is 7.46. The van der Waals surface area contributed by atoms with Crippen LogP contribution in [0.15, 0.2) is 42.5 Å². The van der Waals surface area contributed by atoms with E-state index >= 15 is 0 Å². The van der Waals surface area contributed by atoms with Gasteiger partial charge in [-0.1, -0.05) is 41.4 Å². The number of carboxylic acids is 1. The molecule has 2 aromatic rings. The van der Waals surface area contributed by atoms with Crippen LogP contribution < -0.4 is 11.1 Å². The van der Waals surface area contributed by atoms with Crippen molar-refractivity contribution in [2.75, 3.05) is 5.32 Å². The molecule has 0 heterocycles. The minimum atomic E-state index is -1.06. The van der Waals surface area contributed by atoms with Crippen molar-refractivity contribution < 1.29 is 14.7 Å². The summed E-state index contributed by atoms with van der Waals surface area (Å²) < 4.78 is 0. The van der Waals surface area contributed by atoms with Crippen molar-refractivity contribution in [3.63, 3.8) is 0 Å². The summed E-state index contributed by atoms with van der Waals surface area (Å²) in [7, 11) is 0. The SMILES string of the molecule is NC(Cc1ccc(NC(=O)c2c(Cl)cccc2Cl)cc1)C(=O)O. The molecule has 0 spiro atoms. The van der Waals surface area contributed by atoms with Crippen LogP contribution in [0.5, 0.6) is 0 Å². The maximum absolute atomic E-state index is 12.2. The zero-order valence-corrected chi connectivity index (χ0v) is 13.4. The highest BCUT2D eigenvalue weighted by molar-refractivity contribution is 6.40. The maximum Gasteiger partial charge on any atom is 0.320 e. The van der Waals surface area contributed by atoms with E-state index in [-0.39, 0.29) is 22.0 Å². The first-order valence-corrected chi connectivity index (χ1v) is 7.46. The van der Waals surface area contributed by atoms with E-state index in [4.69, 9.17) is 34.0 Å². The number of amides is 1. The average molecular weight is 353 g/mol. The van der Waals surface area contributed by atoms with Gasteiger partial charge in [0.15, 0.2) is 0 Å². The number of nitrogens with one attached hydrogen (secondary N) is 1. The van der Waals surface area contributed by atoms with Gasteiger partial charge in [-0.2, -0.15) is 0 Å². The lowest BCUT2D eigenvalue weighted by Gasteiger charge is -2.10. The number of nitrogens with two attached hydrogens (primary N) is 1. The summed E-state index contributed by atoms with van der Waals surface area (Å²) in [5.74, 6) is -1.48.